The minimum atomic E-state index is -0.950. The van der Waals surface area contributed by atoms with Crippen LogP contribution in [-0.2, 0) is 30.6 Å². The smallest absolute Gasteiger partial charge is 0.267 e. The zero-order chi connectivity index (χ0) is 28.4. The molecule has 11 heteroatoms. The van der Waals surface area contributed by atoms with Crippen LogP contribution in [0.15, 0.2) is 59.5 Å². The van der Waals surface area contributed by atoms with Gasteiger partial charge in [0, 0.05) is 29.1 Å². The molecule has 2 amide bonds. The number of amides is 2. The molecule has 2 heterocycles. The second-order valence-electron chi connectivity index (χ2n) is 9.76. The lowest BCUT2D eigenvalue weighted by Gasteiger charge is -2.22. The number of H-pyrrole nitrogens is 1. The average molecular weight is 550 g/mol. The van der Waals surface area contributed by atoms with Crippen molar-refractivity contribution < 1.29 is 22.8 Å². The fraction of sp³-hybridized carbons (Fsp3) is 0.241. The monoisotopic (exact) mass is 549 g/mol. The highest BCUT2D eigenvalue weighted by Crippen LogP contribution is 2.30. The van der Waals surface area contributed by atoms with Crippen molar-refractivity contribution in [2.75, 3.05) is 0 Å². The minimum Gasteiger partial charge on any atom is -0.366 e. The van der Waals surface area contributed by atoms with Gasteiger partial charge in [-0.05, 0) is 73.6 Å². The molecule has 0 saturated heterocycles. The largest absolute Gasteiger partial charge is 0.366 e. The maximum atomic E-state index is 14.2. The Labute approximate surface area is 227 Å². The van der Waals surface area contributed by atoms with E-state index in [0.717, 1.165) is 42.8 Å². The van der Waals surface area contributed by atoms with Crippen molar-refractivity contribution in [1.29, 1.82) is 0 Å². The third-order valence-electron chi connectivity index (χ3n) is 6.99. The van der Waals surface area contributed by atoms with Gasteiger partial charge in [0.15, 0.2) is 0 Å². The van der Waals surface area contributed by atoms with Crippen LogP contribution in [0.1, 0.15) is 51.8 Å². The number of carbonyl (C=O) groups excluding carboxylic acids is 2. The van der Waals surface area contributed by atoms with Crippen molar-refractivity contribution >= 4 is 11.8 Å². The van der Waals surface area contributed by atoms with Gasteiger partial charge in [-0.25, -0.2) is 13.2 Å². The van der Waals surface area contributed by atoms with Crippen molar-refractivity contribution in [2.24, 2.45) is 5.73 Å². The fourth-order valence-corrected chi connectivity index (χ4v) is 5.21. The number of hydrogen-bond acceptors (Lipinski definition) is 4. The molecule has 0 spiro atoms. The van der Waals surface area contributed by atoms with Gasteiger partial charge in [-0.3, -0.25) is 29.1 Å². The van der Waals surface area contributed by atoms with E-state index >= 15 is 0 Å². The number of benzene rings is 2. The van der Waals surface area contributed by atoms with Crippen molar-refractivity contribution in [3.05, 3.63) is 111 Å². The molecule has 1 aliphatic rings. The molecule has 1 aliphatic carbocycles. The fourth-order valence-electron chi connectivity index (χ4n) is 5.21. The van der Waals surface area contributed by atoms with Gasteiger partial charge in [0.05, 0.1) is 17.3 Å². The van der Waals surface area contributed by atoms with Gasteiger partial charge in [0.1, 0.15) is 24.0 Å². The number of rotatable bonds is 8. The number of hydrogen-bond donors (Lipinski definition) is 3. The number of pyridine rings is 1. The van der Waals surface area contributed by atoms with E-state index in [-0.39, 0.29) is 29.7 Å². The molecule has 8 nitrogen and oxygen atoms in total. The Morgan fingerprint density at radius 1 is 1.05 bits per heavy atom. The summed E-state index contributed by atoms with van der Waals surface area (Å²) >= 11 is 0. The first-order valence-corrected chi connectivity index (χ1v) is 12.8. The first-order chi connectivity index (χ1) is 19.2. The summed E-state index contributed by atoms with van der Waals surface area (Å²) in [6, 6.07) is 9.32. The van der Waals surface area contributed by atoms with Crippen LogP contribution in [0.5, 0.6) is 0 Å². The van der Waals surface area contributed by atoms with Gasteiger partial charge in [-0.1, -0.05) is 12.1 Å². The van der Waals surface area contributed by atoms with E-state index < -0.39 is 35.3 Å². The second-order valence-corrected chi connectivity index (χ2v) is 9.76. The minimum absolute atomic E-state index is 0.0331. The van der Waals surface area contributed by atoms with Crippen molar-refractivity contribution in [2.45, 2.75) is 44.7 Å². The maximum absolute atomic E-state index is 14.2. The Hall–Kier alpha value is -4.67. The number of fused-ring (bicyclic) bond motifs is 1. The summed E-state index contributed by atoms with van der Waals surface area (Å²) in [6.07, 6.45) is 4.58. The van der Waals surface area contributed by atoms with E-state index in [1.165, 1.54) is 23.0 Å². The Bertz CT molecular complexity index is 1640. The van der Waals surface area contributed by atoms with E-state index in [2.05, 4.69) is 15.4 Å². The number of aromatic nitrogens is 3. The molecule has 0 radical (unpaired) electrons. The Balaban J connectivity index is 1.52. The first-order valence-electron chi connectivity index (χ1n) is 12.8. The predicted molar refractivity (Wildman–Crippen MR) is 141 cm³/mol. The molecular formula is C29H26F3N5O3. The maximum Gasteiger partial charge on any atom is 0.267 e. The van der Waals surface area contributed by atoms with Gasteiger partial charge in [0.25, 0.3) is 11.5 Å². The summed E-state index contributed by atoms with van der Waals surface area (Å²) in [4.78, 5) is 41.9. The van der Waals surface area contributed by atoms with E-state index in [9.17, 15) is 27.6 Å². The van der Waals surface area contributed by atoms with E-state index in [1.54, 1.807) is 12.1 Å². The van der Waals surface area contributed by atoms with Crippen LogP contribution in [0.3, 0.4) is 0 Å². The number of nitrogens with two attached hydrogens (primary N) is 1. The normalized spacial score (nSPS) is 13.5. The molecule has 0 bridgehead atoms. The van der Waals surface area contributed by atoms with Crippen molar-refractivity contribution in [3.63, 3.8) is 0 Å². The molecule has 1 atom stereocenters. The third kappa shape index (κ3) is 5.68. The molecule has 5 rings (SSSR count). The number of carbonyl (C=O) groups is 2. The van der Waals surface area contributed by atoms with Gasteiger partial charge < -0.3 is 11.1 Å². The molecule has 2 aromatic heterocycles. The van der Waals surface area contributed by atoms with Crippen LogP contribution in [0.2, 0.25) is 0 Å². The molecule has 4 N–H and O–H groups in total. The molecular weight excluding hydrogens is 523 g/mol. The van der Waals surface area contributed by atoms with Crippen LogP contribution >= 0.6 is 0 Å². The highest BCUT2D eigenvalue weighted by atomic mass is 19.1. The quantitative estimate of drug-likeness (QED) is 0.310. The summed E-state index contributed by atoms with van der Waals surface area (Å²) in [6.45, 7) is -0.177. The third-order valence-corrected chi connectivity index (χ3v) is 6.99. The van der Waals surface area contributed by atoms with Crippen LogP contribution < -0.4 is 16.6 Å². The Morgan fingerprint density at radius 3 is 2.55 bits per heavy atom. The molecule has 1 unspecified atom stereocenters. The lowest BCUT2D eigenvalue weighted by molar-refractivity contribution is -0.122. The first kappa shape index (κ1) is 26.9. The van der Waals surface area contributed by atoms with Gasteiger partial charge in [-0.2, -0.15) is 0 Å². The van der Waals surface area contributed by atoms with Crippen molar-refractivity contribution in [1.82, 2.24) is 20.1 Å². The zero-order valence-corrected chi connectivity index (χ0v) is 21.3. The topological polar surface area (TPSA) is 123 Å². The molecule has 4 aromatic rings. The van der Waals surface area contributed by atoms with Crippen molar-refractivity contribution in [3.8, 4) is 11.1 Å². The number of aromatic amines is 1. The summed E-state index contributed by atoms with van der Waals surface area (Å²) < 4.78 is 43.8. The second kappa shape index (κ2) is 11.2. The molecule has 40 heavy (non-hydrogen) atoms. The van der Waals surface area contributed by atoms with Gasteiger partial charge in [0.2, 0.25) is 5.91 Å². The lowest BCUT2D eigenvalue weighted by atomic mass is 9.94. The van der Waals surface area contributed by atoms with Gasteiger partial charge in [-0.15, -0.1) is 0 Å². The Morgan fingerprint density at radius 2 is 1.80 bits per heavy atom. The van der Waals surface area contributed by atoms with E-state index in [1.807, 2.05) is 0 Å². The average Bonchev–Trinajstić information content (AvgIpc) is 3.23. The highest BCUT2D eigenvalue weighted by molar-refractivity contribution is 5.94. The van der Waals surface area contributed by atoms with Crippen LogP contribution in [0, 0.1) is 17.5 Å². The number of primary amides is 1. The summed E-state index contributed by atoms with van der Waals surface area (Å²) in [7, 11) is 0. The van der Waals surface area contributed by atoms with Crippen LogP contribution in [0.25, 0.3) is 11.1 Å². The Kier molecular flexibility index (Phi) is 7.54. The van der Waals surface area contributed by atoms with E-state index in [0.29, 0.717) is 35.2 Å². The zero-order valence-electron chi connectivity index (χ0n) is 21.3. The SMILES string of the molecule is NC(=O)c1cc(-c2cccnc2C(Cc2cc(F)cc(F)c2)NC(=O)Cn2[nH]c(=O)c3c2CCCC3)ccc1F. The highest BCUT2D eigenvalue weighted by Gasteiger charge is 2.24. The number of halogens is 3. The molecule has 0 saturated carbocycles. The number of nitrogens with one attached hydrogen (secondary N) is 2. The lowest BCUT2D eigenvalue weighted by Crippen LogP contribution is -2.34. The van der Waals surface area contributed by atoms with Crippen LogP contribution in [0.4, 0.5) is 13.2 Å². The summed E-state index contributed by atoms with van der Waals surface area (Å²) in [5.74, 6) is -3.75. The summed E-state index contributed by atoms with van der Waals surface area (Å²) in [5.41, 5.74) is 7.72. The predicted octanol–water partition coefficient (Wildman–Crippen LogP) is 3.73. The van der Waals surface area contributed by atoms with E-state index in [4.69, 9.17) is 5.73 Å². The van der Waals surface area contributed by atoms with Crippen LogP contribution in [-0.4, -0.2) is 26.6 Å². The standard InChI is InChI=1S/C29H26F3N5O3/c30-18-10-16(11-19(31)14-18)12-24(35-26(38)15-37-25-6-2-1-4-21(25)29(40)36-37)27-20(5-3-9-34-27)17-7-8-23(32)22(13-17)28(33)39/h3,5,7-11,13-14,24H,1-2,4,6,12,15H2,(H2,33,39)(H,35,38)(H,36,40). The molecule has 206 valence electrons. The molecule has 0 fully saturated rings. The van der Waals surface area contributed by atoms with Gasteiger partial charge >= 0.3 is 0 Å². The number of nitrogens with zero attached hydrogens (tertiary/aromatic N) is 2. The summed E-state index contributed by atoms with van der Waals surface area (Å²) in [5, 5.41) is 5.62. The molecule has 0 aliphatic heterocycles. The molecule has 2 aromatic carbocycles.